The summed E-state index contributed by atoms with van der Waals surface area (Å²) in [7, 11) is 0. The molecule has 4 amide bonds. The second-order valence-electron chi connectivity index (χ2n) is 9.39. The van der Waals surface area contributed by atoms with Crippen molar-refractivity contribution in [2.45, 2.75) is 43.7 Å². The Labute approximate surface area is 197 Å². The van der Waals surface area contributed by atoms with Gasteiger partial charge < -0.3 is 19.7 Å². The normalized spacial score (nSPS) is 25.5. The number of hydrogen-bond acceptors (Lipinski definition) is 5. The van der Waals surface area contributed by atoms with Gasteiger partial charge in [-0.3, -0.25) is 14.5 Å². The zero-order valence-corrected chi connectivity index (χ0v) is 18.9. The van der Waals surface area contributed by atoms with E-state index < -0.39 is 11.6 Å². The van der Waals surface area contributed by atoms with Crippen molar-refractivity contribution in [3.05, 3.63) is 59.2 Å². The number of nitrogens with one attached hydrogen (secondary N) is 1. The third-order valence-electron chi connectivity index (χ3n) is 7.45. The Morgan fingerprint density at radius 3 is 2.76 bits per heavy atom. The van der Waals surface area contributed by atoms with Crippen molar-refractivity contribution in [2.24, 2.45) is 0 Å². The lowest BCUT2D eigenvalue weighted by Crippen LogP contribution is -2.44. The Bertz CT molecular complexity index is 1180. The molecule has 1 N–H and O–H groups in total. The summed E-state index contributed by atoms with van der Waals surface area (Å²) in [6.07, 6.45) is 3.76. The maximum atomic E-state index is 13.4. The standard InChI is InChI=1S/C26H27N3O5/c30-23(16-29-24(31)26(27-25(29)32)11-10-17-5-1-2-6-19(17)26)28-12-3-7-20(28)18-8-9-21-22(15-18)34-14-4-13-33-21/h1-2,5-6,8-9,15,20H,3-4,7,10-14,16H2,(H,27,32)/t20-,26-/m1/s1. The summed E-state index contributed by atoms with van der Waals surface area (Å²) < 4.78 is 11.6. The number of carbonyl (C=O) groups excluding carboxylic acids is 3. The molecule has 4 aliphatic rings. The molecule has 8 heteroatoms. The van der Waals surface area contributed by atoms with Crippen LogP contribution in [0.3, 0.4) is 0 Å². The number of ether oxygens (including phenoxy) is 2. The smallest absolute Gasteiger partial charge is 0.325 e. The monoisotopic (exact) mass is 461 g/mol. The van der Waals surface area contributed by atoms with Crippen LogP contribution >= 0.6 is 0 Å². The zero-order chi connectivity index (χ0) is 23.3. The molecule has 0 radical (unpaired) electrons. The summed E-state index contributed by atoms with van der Waals surface area (Å²) >= 11 is 0. The Hall–Kier alpha value is -3.55. The van der Waals surface area contributed by atoms with Gasteiger partial charge in [-0.1, -0.05) is 30.3 Å². The van der Waals surface area contributed by atoms with Gasteiger partial charge in [0.05, 0.1) is 19.3 Å². The van der Waals surface area contributed by atoms with Gasteiger partial charge in [0.1, 0.15) is 12.1 Å². The van der Waals surface area contributed by atoms with Crippen LogP contribution in [0.25, 0.3) is 0 Å². The first-order valence-corrected chi connectivity index (χ1v) is 12.0. The van der Waals surface area contributed by atoms with Crippen molar-refractivity contribution in [1.29, 1.82) is 0 Å². The number of likely N-dealkylation sites (tertiary alicyclic amines) is 1. The highest BCUT2D eigenvalue weighted by Gasteiger charge is 2.55. The molecule has 8 nitrogen and oxygen atoms in total. The molecule has 34 heavy (non-hydrogen) atoms. The van der Waals surface area contributed by atoms with E-state index in [2.05, 4.69) is 5.32 Å². The number of benzene rings is 2. The van der Waals surface area contributed by atoms with E-state index in [9.17, 15) is 14.4 Å². The lowest BCUT2D eigenvalue weighted by molar-refractivity contribution is -0.139. The van der Waals surface area contributed by atoms with Crippen molar-refractivity contribution in [3.8, 4) is 11.5 Å². The fourth-order valence-electron chi connectivity index (χ4n) is 5.76. The average molecular weight is 462 g/mol. The van der Waals surface area contributed by atoms with Crippen LogP contribution in [-0.4, -0.2) is 53.9 Å². The lowest BCUT2D eigenvalue weighted by atomic mass is 9.92. The van der Waals surface area contributed by atoms with Gasteiger partial charge in [-0.05, 0) is 54.5 Å². The third-order valence-corrected chi connectivity index (χ3v) is 7.45. The third kappa shape index (κ3) is 3.23. The first kappa shape index (κ1) is 21.0. The maximum absolute atomic E-state index is 13.4. The molecule has 2 aromatic carbocycles. The molecule has 3 aliphatic heterocycles. The summed E-state index contributed by atoms with van der Waals surface area (Å²) in [5, 5.41) is 2.90. The maximum Gasteiger partial charge on any atom is 0.325 e. The molecule has 1 aliphatic carbocycles. The molecule has 3 heterocycles. The summed E-state index contributed by atoms with van der Waals surface area (Å²) in [6, 6.07) is 12.9. The van der Waals surface area contributed by atoms with Crippen molar-refractivity contribution >= 4 is 17.8 Å². The van der Waals surface area contributed by atoms with E-state index in [1.807, 2.05) is 42.5 Å². The van der Waals surface area contributed by atoms with E-state index in [1.54, 1.807) is 4.90 Å². The molecule has 2 fully saturated rings. The number of aryl methyl sites for hydroxylation is 1. The predicted octanol–water partition coefficient (Wildman–Crippen LogP) is 2.90. The van der Waals surface area contributed by atoms with Gasteiger partial charge in [-0.25, -0.2) is 4.79 Å². The van der Waals surface area contributed by atoms with Crippen molar-refractivity contribution < 1.29 is 23.9 Å². The predicted molar refractivity (Wildman–Crippen MR) is 122 cm³/mol. The highest BCUT2D eigenvalue weighted by Crippen LogP contribution is 2.42. The molecule has 2 atom stereocenters. The number of fused-ring (bicyclic) bond motifs is 3. The summed E-state index contributed by atoms with van der Waals surface area (Å²) in [5.74, 6) is 0.868. The molecule has 0 unspecified atom stereocenters. The minimum atomic E-state index is -1.05. The fraction of sp³-hybridized carbons (Fsp3) is 0.423. The highest BCUT2D eigenvalue weighted by atomic mass is 16.5. The van der Waals surface area contributed by atoms with Crippen molar-refractivity contribution in [1.82, 2.24) is 15.1 Å². The number of urea groups is 1. The minimum absolute atomic E-state index is 0.119. The van der Waals surface area contributed by atoms with E-state index >= 15 is 0 Å². The number of hydrogen-bond donors (Lipinski definition) is 1. The van der Waals surface area contributed by atoms with E-state index in [4.69, 9.17) is 9.47 Å². The quantitative estimate of drug-likeness (QED) is 0.711. The topological polar surface area (TPSA) is 88.2 Å². The molecule has 6 rings (SSSR count). The number of imide groups is 1. The molecular formula is C26H27N3O5. The van der Waals surface area contributed by atoms with Crippen LogP contribution < -0.4 is 14.8 Å². The van der Waals surface area contributed by atoms with Crippen LogP contribution in [0.2, 0.25) is 0 Å². The molecular weight excluding hydrogens is 434 g/mol. The molecule has 176 valence electrons. The van der Waals surface area contributed by atoms with Crippen molar-refractivity contribution in [3.63, 3.8) is 0 Å². The Balaban J connectivity index is 1.21. The first-order valence-electron chi connectivity index (χ1n) is 12.0. The van der Waals surface area contributed by atoms with Crippen LogP contribution in [0.5, 0.6) is 11.5 Å². The first-order chi connectivity index (χ1) is 16.6. The van der Waals surface area contributed by atoms with Gasteiger partial charge >= 0.3 is 6.03 Å². The van der Waals surface area contributed by atoms with Crippen LogP contribution in [0.15, 0.2) is 42.5 Å². The molecule has 2 aromatic rings. The van der Waals surface area contributed by atoms with E-state index in [0.29, 0.717) is 31.9 Å². The largest absolute Gasteiger partial charge is 0.490 e. The highest BCUT2D eigenvalue weighted by molar-refractivity contribution is 6.10. The average Bonchev–Trinajstić information content (AvgIpc) is 3.48. The van der Waals surface area contributed by atoms with Gasteiger partial charge in [0.25, 0.3) is 5.91 Å². The van der Waals surface area contributed by atoms with Crippen LogP contribution in [0.4, 0.5) is 4.79 Å². The van der Waals surface area contributed by atoms with Gasteiger partial charge in [0.2, 0.25) is 5.91 Å². The van der Waals surface area contributed by atoms with E-state index in [-0.39, 0.29) is 24.4 Å². The van der Waals surface area contributed by atoms with Gasteiger partial charge in [-0.15, -0.1) is 0 Å². The molecule has 0 aromatic heterocycles. The second kappa shape index (κ2) is 8.04. The summed E-state index contributed by atoms with van der Waals surface area (Å²) in [5.41, 5.74) is 1.84. The molecule has 1 spiro atoms. The van der Waals surface area contributed by atoms with Gasteiger partial charge in [-0.2, -0.15) is 0 Å². The lowest BCUT2D eigenvalue weighted by Gasteiger charge is -2.27. The Morgan fingerprint density at radius 2 is 1.88 bits per heavy atom. The summed E-state index contributed by atoms with van der Waals surface area (Å²) in [6.45, 7) is 1.56. The molecule has 0 bridgehead atoms. The van der Waals surface area contributed by atoms with Crippen LogP contribution in [0, 0.1) is 0 Å². The van der Waals surface area contributed by atoms with E-state index in [0.717, 1.165) is 53.0 Å². The Kier molecular flexibility index (Phi) is 4.97. The minimum Gasteiger partial charge on any atom is -0.490 e. The van der Waals surface area contributed by atoms with Crippen molar-refractivity contribution in [2.75, 3.05) is 26.3 Å². The number of carbonyl (C=O) groups is 3. The zero-order valence-electron chi connectivity index (χ0n) is 18.9. The number of rotatable bonds is 3. The van der Waals surface area contributed by atoms with Gasteiger partial charge in [0, 0.05) is 13.0 Å². The molecule has 2 saturated heterocycles. The number of nitrogens with zero attached hydrogens (tertiary/aromatic N) is 2. The van der Waals surface area contributed by atoms with E-state index in [1.165, 1.54) is 0 Å². The Morgan fingerprint density at radius 1 is 1.06 bits per heavy atom. The van der Waals surface area contributed by atoms with Crippen LogP contribution in [0.1, 0.15) is 48.4 Å². The summed E-state index contributed by atoms with van der Waals surface area (Å²) in [4.78, 5) is 42.5. The fourth-order valence-corrected chi connectivity index (χ4v) is 5.76. The second-order valence-corrected chi connectivity index (χ2v) is 9.39. The van der Waals surface area contributed by atoms with Crippen LogP contribution in [-0.2, 0) is 21.5 Å². The SMILES string of the molecule is O=C1N[C@@]2(CCc3ccccc32)C(=O)N1CC(=O)N1CCC[C@@H]1c1ccc2c(c1)OCCCO2. The van der Waals surface area contributed by atoms with Gasteiger partial charge in [0.15, 0.2) is 11.5 Å². The number of amides is 4. The molecule has 0 saturated carbocycles.